The van der Waals surface area contributed by atoms with Crippen molar-refractivity contribution in [3.63, 3.8) is 0 Å². The van der Waals surface area contributed by atoms with Crippen LogP contribution in [0, 0.1) is 0 Å². The molecule has 0 spiro atoms. The summed E-state index contributed by atoms with van der Waals surface area (Å²) in [6.45, 7) is 4.18. The van der Waals surface area contributed by atoms with Crippen molar-refractivity contribution in [3.8, 4) is 0 Å². The van der Waals surface area contributed by atoms with Crippen LogP contribution in [0.25, 0.3) is 0 Å². The number of hydrogen-bond acceptors (Lipinski definition) is 3. The molecule has 0 aliphatic carbocycles. The van der Waals surface area contributed by atoms with Gasteiger partial charge in [-0.15, -0.1) is 0 Å². The van der Waals surface area contributed by atoms with Crippen molar-refractivity contribution in [3.05, 3.63) is 35.9 Å². The summed E-state index contributed by atoms with van der Waals surface area (Å²) < 4.78 is 0. The number of nitrogens with two attached hydrogens (primary N) is 1. The molecule has 2 fully saturated rings. The average Bonchev–Trinajstić information content (AvgIpc) is 2.99. The highest BCUT2D eigenvalue weighted by Gasteiger charge is 2.28. The van der Waals surface area contributed by atoms with E-state index in [1.807, 2.05) is 35.2 Å². The number of amides is 1. The van der Waals surface area contributed by atoms with Gasteiger partial charge in [-0.1, -0.05) is 30.3 Å². The molecule has 0 saturated carbocycles. The zero-order valence-corrected chi connectivity index (χ0v) is 13.3. The molecule has 2 unspecified atom stereocenters. The van der Waals surface area contributed by atoms with Crippen LogP contribution in [0.2, 0.25) is 0 Å². The molecular formula is C18H27N3O. The highest BCUT2D eigenvalue weighted by Crippen LogP contribution is 2.23. The summed E-state index contributed by atoms with van der Waals surface area (Å²) in [6.07, 6.45) is 6.06. The minimum absolute atomic E-state index is 0.0771. The Hall–Kier alpha value is -1.39. The van der Waals surface area contributed by atoms with E-state index in [9.17, 15) is 4.79 Å². The Balaban J connectivity index is 1.59. The summed E-state index contributed by atoms with van der Waals surface area (Å²) >= 11 is 0. The van der Waals surface area contributed by atoms with E-state index in [0.717, 1.165) is 31.5 Å². The minimum atomic E-state index is -0.524. The molecule has 1 aromatic rings. The Labute approximate surface area is 133 Å². The van der Waals surface area contributed by atoms with Crippen molar-refractivity contribution < 1.29 is 4.79 Å². The summed E-state index contributed by atoms with van der Waals surface area (Å²) in [5, 5.41) is 0. The van der Waals surface area contributed by atoms with Gasteiger partial charge in [-0.2, -0.15) is 0 Å². The van der Waals surface area contributed by atoms with E-state index in [2.05, 4.69) is 4.90 Å². The van der Waals surface area contributed by atoms with Crippen molar-refractivity contribution in [2.75, 3.05) is 26.2 Å². The molecule has 4 heteroatoms. The highest BCUT2D eigenvalue weighted by molar-refractivity contribution is 5.83. The Morgan fingerprint density at radius 3 is 2.45 bits per heavy atom. The third-order valence-electron chi connectivity index (χ3n) is 5.09. The van der Waals surface area contributed by atoms with E-state index >= 15 is 0 Å². The lowest BCUT2D eigenvalue weighted by molar-refractivity contribution is -0.132. The second kappa shape index (κ2) is 7.25. The van der Waals surface area contributed by atoms with Gasteiger partial charge in [0.1, 0.15) is 6.04 Å². The van der Waals surface area contributed by atoms with Gasteiger partial charge >= 0.3 is 0 Å². The van der Waals surface area contributed by atoms with Crippen LogP contribution in [0.1, 0.15) is 43.7 Å². The van der Waals surface area contributed by atoms with Gasteiger partial charge in [-0.3, -0.25) is 4.79 Å². The predicted octanol–water partition coefficient (Wildman–Crippen LogP) is 2.16. The second-order valence-corrected chi connectivity index (χ2v) is 6.54. The first kappa shape index (κ1) is 15.5. The fourth-order valence-electron chi connectivity index (χ4n) is 3.77. The molecule has 120 valence electrons. The predicted molar refractivity (Wildman–Crippen MR) is 88.4 cm³/mol. The summed E-state index contributed by atoms with van der Waals surface area (Å²) in [6, 6.07) is 9.84. The van der Waals surface area contributed by atoms with Crippen LogP contribution >= 0.6 is 0 Å². The molecule has 0 aromatic heterocycles. The smallest absolute Gasteiger partial charge is 0.244 e. The third-order valence-corrected chi connectivity index (χ3v) is 5.09. The zero-order chi connectivity index (χ0) is 15.4. The summed E-state index contributed by atoms with van der Waals surface area (Å²) in [5.41, 5.74) is 7.09. The molecule has 2 N–H and O–H groups in total. The fourth-order valence-corrected chi connectivity index (χ4v) is 3.77. The van der Waals surface area contributed by atoms with E-state index in [4.69, 9.17) is 5.73 Å². The highest BCUT2D eigenvalue weighted by atomic mass is 16.2. The van der Waals surface area contributed by atoms with Crippen LogP contribution in [0.3, 0.4) is 0 Å². The number of benzene rings is 1. The molecule has 4 nitrogen and oxygen atoms in total. The quantitative estimate of drug-likeness (QED) is 0.931. The average molecular weight is 301 g/mol. The minimum Gasteiger partial charge on any atom is -0.341 e. The Morgan fingerprint density at radius 1 is 1.00 bits per heavy atom. The summed E-state index contributed by atoms with van der Waals surface area (Å²) in [5.74, 6) is 0.0771. The lowest BCUT2D eigenvalue weighted by Gasteiger charge is -2.27. The van der Waals surface area contributed by atoms with Crippen LogP contribution < -0.4 is 5.73 Å². The zero-order valence-electron chi connectivity index (χ0n) is 13.3. The molecule has 2 saturated heterocycles. The number of likely N-dealkylation sites (tertiary alicyclic amines) is 2. The molecular weight excluding hydrogens is 274 g/mol. The fraction of sp³-hybridized carbons (Fsp3) is 0.611. The maximum atomic E-state index is 12.7. The number of hydrogen-bond donors (Lipinski definition) is 1. The van der Waals surface area contributed by atoms with E-state index < -0.39 is 6.04 Å². The molecule has 0 bridgehead atoms. The van der Waals surface area contributed by atoms with Crippen LogP contribution in [0.15, 0.2) is 30.3 Å². The maximum Gasteiger partial charge on any atom is 0.244 e. The topological polar surface area (TPSA) is 49.6 Å². The van der Waals surface area contributed by atoms with Gasteiger partial charge in [0.25, 0.3) is 0 Å². The first-order valence-electron chi connectivity index (χ1n) is 8.59. The number of carbonyl (C=O) groups excluding carboxylic acids is 1. The third kappa shape index (κ3) is 3.50. The Kier molecular flexibility index (Phi) is 5.11. The van der Waals surface area contributed by atoms with Gasteiger partial charge in [0.2, 0.25) is 5.91 Å². The van der Waals surface area contributed by atoms with Crippen molar-refractivity contribution in [2.45, 2.75) is 44.2 Å². The van der Waals surface area contributed by atoms with Gasteiger partial charge in [0.05, 0.1) is 0 Å². The van der Waals surface area contributed by atoms with E-state index in [0.29, 0.717) is 6.04 Å². The Bertz CT molecular complexity index is 484. The largest absolute Gasteiger partial charge is 0.341 e. The van der Waals surface area contributed by atoms with Crippen LogP contribution in [0.4, 0.5) is 0 Å². The molecule has 2 aliphatic heterocycles. The first-order chi connectivity index (χ1) is 10.8. The van der Waals surface area contributed by atoms with Crippen LogP contribution in [-0.4, -0.2) is 47.9 Å². The SMILES string of the molecule is NC(C(=O)N1CCCC(N2CCCC2)CC1)c1ccccc1. The van der Waals surface area contributed by atoms with Crippen molar-refractivity contribution >= 4 is 5.91 Å². The molecule has 1 amide bonds. The van der Waals surface area contributed by atoms with Gasteiger partial charge in [-0.25, -0.2) is 0 Å². The van der Waals surface area contributed by atoms with Crippen LogP contribution in [0.5, 0.6) is 0 Å². The molecule has 2 heterocycles. The number of nitrogens with zero attached hydrogens (tertiary/aromatic N) is 2. The van der Waals surface area contributed by atoms with E-state index in [1.54, 1.807) is 0 Å². The van der Waals surface area contributed by atoms with Crippen molar-refractivity contribution in [2.24, 2.45) is 5.73 Å². The standard InChI is InChI=1S/C18H27N3O/c19-17(15-7-2-1-3-8-15)18(22)21-13-6-9-16(10-14-21)20-11-4-5-12-20/h1-3,7-8,16-17H,4-6,9-14,19H2. The molecule has 3 rings (SSSR count). The van der Waals surface area contributed by atoms with Crippen molar-refractivity contribution in [1.82, 2.24) is 9.80 Å². The van der Waals surface area contributed by atoms with Gasteiger partial charge in [0, 0.05) is 19.1 Å². The first-order valence-corrected chi connectivity index (χ1v) is 8.59. The van der Waals surface area contributed by atoms with Gasteiger partial charge in [-0.05, 0) is 50.8 Å². The molecule has 1 aromatic carbocycles. The lowest BCUT2D eigenvalue weighted by atomic mass is 10.1. The second-order valence-electron chi connectivity index (χ2n) is 6.54. The lowest BCUT2D eigenvalue weighted by Crippen LogP contribution is -2.40. The van der Waals surface area contributed by atoms with Crippen LogP contribution in [-0.2, 0) is 4.79 Å². The summed E-state index contributed by atoms with van der Waals surface area (Å²) in [4.78, 5) is 17.3. The van der Waals surface area contributed by atoms with E-state index in [-0.39, 0.29) is 5.91 Å². The monoisotopic (exact) mass is 301 g/mol. The normalized spacial score (nSPS) is 25.0. The molecule has 2 aliphatic rings. The molecule has 22 heavy (non-hydrogen) atoms. The van der Waals surface area contributed by atoms with Gasteiger partial charge < -0.3 is 15.5 Å². The number of rotatable bonds is 3. The van der Waals surface area contributed by atoms with Gasteiger partial charge in [0.15, 0.2) is 0 Å². The molecule has 0 radical (unpaired) electrons. The summed E-state index contributed by atoms with van der Waals surface area (Å²) in [7, 11) is 0. The van der Waals surface area contributed by atoms with E-state index in [1.165, 1.54) is 32.4 Å². The van der Waals surface area contributed by atoms with Crippen molar-refractivity contribution in [1.29, 1.82) is 0 Å². The maximum absolute atomic E-state index is 12.7. The Morgan fingerprint density at radius 2 is 1.73 bits per heavy atom. The number of carbonyl (C=O) groups is 1. The molecule has 2 atom stereocenters.